The van der Waals surface area contributed by atoms with Crippen LogP contribution in [0.1, 0.15) is 51.9 Å². The summed E-state index contributed by atoms with van der Waals surface area (Å²) >= 11 is 0. The van der Waals surface area contributed by atoms with Crippen LogP contribution in [0.5, 0.6) is 0 Å². The molecule has 0 aromatic rings. The van der Waals surface area contributed by atoms with E-state index in [1.807, 2.05) is 0 Å². The lowest BCUT2D eigenvalue weighted by molar-refractivity contribution is 0.341. The SMILES string of the molecule is CCC1(CNCCCC2CCNCC2)CC1. The van der Waals surface area contributed by atoms with Gasteiger partial charge in [-0.3, -0.25) is 0 Å². The van der Waals surface area contributed by atoms with Gasteiger partial charge >= 0.3 is 0 Å². The normalized spacial score (nSPS) is 24.6. The minimum atomic E-state index is 0.717. The molecule has 1 saturated carbocycles. The summed E-state index contributed by atoms with van der Waals surface area (Å²) in [5.41, 5.74) is 0.717. The van der Waals surface area contributed by atoms with Crippen LogP contribution in [0.3, 0.4) is 0 Å². The Bertz CT molecular complexity index is 193. The molecule has 1 aliphatic carbocycles. The van der Waals surface area contributed by atoms with Gasteiger partial charge in [0.25, 0.3) is 0 Å². The van der Waals surface area contributed by atoms with Gasteiger partial charge in [-0.25, -0.2) is 0 Å². The molecule has 0 unspecified atom stereocenters. The molecular formula is C14H28N2. The molecule has 2 heteroatoms. The molecule has 0 aromatic carbocycles. The molecular weight excluding hydrogens is 196 g/mol. The van der Waals surface area contributed by atoms with E-state index in [4.69, 9.17) is 0 Å². The summed E-state index contributed by atoms with van der Waals surface area (Å²) < 4.78 is 0. The molecule has 2 rings (SSSR count). The molecule has 1 heterocycles. The number of hydrogen-bond acceptors (Lipinski definition) is 2. The quantitative estimate of drug-likeness (QED) is 0.649. The van der Waals surface area contributed by atoms with Crippen LogP contribution in [0.25, 0.3) is 0 Å². The van der Waals surface area contributed by atoms with Crippen LogP contribution in [0.4, 0.5) is 0 Å². The molecule has 0 radical (unpaired) electrons. The fourth-order valence-corrected chi connectivity index (χ4v) is 2.87. The van der Waals surface area contributed by atoms with Crippen LogP contribution in [-0.2, 0) is 0 Å². The van der Waals surface area contributed by atoms with Crippen molar-refractivity contribution in [2.45, 2.75) is 51.9 Å². The fourth-order valence-electron chi connectivity index (χ4n) is 2.87. The molecule has 0 aromatic heterocycles. The fraction of sp³-hybridized carbons (Fsp3) is 1.00. The topological polar surface area (TPSA) is 24.1 Å². The minimum absolute atomic E-state index is 0.717. The summed E-state index contributed by atoms with van der Waals surface area (Å²) in [5.74, 6) is 1.00. The zero-order valence-electron chi connectivity index (χ0n) is 10.9. The van der Waals surface area contributed by atoms with E-state index < -0.39 is 0 Å². The third-order valence-corrected chi connectivity index (χ3v) is 4.63. The van der Waals surface area contributed by atoms with Gasteiger partial charge in [-0.1, -0.05) is 6.92 Å². The van der Waals surface area contributed by atoms with Gasteiger partial charge in [0, 0.05) is 6.54 Å². The summed E-state index contributed by atoms with van der Waals surface area (Å²) in [4.78, 5) is 0. The molecule has 0 atom stereocenters. The molecule has 0 amide bonds. The second-order valence-electron chi connectivity index (χ2n) is 5.87. The highest BCUT2D eigenvalue weighted by molar-refractivity contribution is 4.93. The van der Waals surface area contributed by atoms with Crippen molar-refractivity contribution >= 4 is 0 Å². The van der Waals surface area contributed by atoms with Gasteiger partial charge in [0.05, 0.1) is 0 Å². The summed E-state index contributed by atoms with van der Waals surface area (Å²) in [6, 6.07) is 0. The van der Waals surface area contributed by atoms with Crippen molar-refractivity contribution in [3.05, 3.63) is 0 Å². The number of hydrogen-bond donors (Lipinski definition) is 2. The molecule has 2 aliphatic rings. The third-order valence-electron chi connectivity index (χ3n) is 4.63. The lowest BCUT2D eigenvalue weighted by Crippen LogP contribution is -2.29. The third kappa shape index (κ3) is 3.74. The van der Waals surface area contributed by atoms with E-state index in [1.165, 1.54) is 71.1 Å². The Morgan fingerprint density at radius 3 is 2.62 bits per heavy atom. The standard InChI is InChI=1S/C14H28N2/c1-2-14(7-8-14)12-16-9-3-4-13-5-10-15-11-6-13/h13,15-16H,2-12H2,1H3. The van der Waals surface area contributed by atoms with E-state index >= 15 is 0 Å². The first-order valence-electron chi connectivity index (χ1n) is 7.26. The number of nitrogens with one attached hydrogen (secondary N) is 2. The maximum atomic E-state index is 3.66. The van der Waals surface area contributed by atoms with E-state index in [1.54, 1.807) is 0 Å². The Hall–Kier alpha value is -0.0800. The molecule has 1 saturated heterocycles. The van der Waals surface area contributed by atoms with Crippen LogP contribution >= 0.6 is 0 Å². The molecule has 2 nitrogen and oxygen atoms in total. The second kappa shape index (κ2) is 6.02. The average molecular weight is 224 g/mol. The lowest BCUT2D eigenvalue weighted by atomic mass is 9.93. The molecule has 2 N–H and O–H groups in total. The maximum absolute atomic E-state index is 3.66. The summed E-state index contributed by atoms with van der Waals surface area (Å²) in [5, 5.41) is 7.10. The molecule has 0 bridgehead atoms. The van der Waals surface area contributed by atoms with Crippen molar-refractivity contribution < 1.29 is 0 Å². The molecule has 1 aliphatic heterocycles. The van der Waals surface area contributed by atoms with Gasteiger partial charge in [-0.05, 0) is 75.9 Å². The van der Waals surface area contributed by atoms with Crippen molar-refractivity contribution in [3.63, 3.8) is 0 Å². The van der Waals surface area contributed by atoms with E-state index in [9.17, 15) is 0 Å². The predicted molar refractivity (Wildman–Crippen MR) is 69.7 cm³/mol. The van der Waals surface area contributed by atoms with Gasteiger partial charge in [-0.2, -0.15) is 0 Å². The van der Waals surface area contributed by atoms with E-state index in [2.05, 4.69) is 17.6 Å². The molecule has 2 fully saturated rings. The van der Waals surface area contributed by atoms with E-state index in [-0.39, 0.29) is 0 Å². The van der Waals surface area contributed by atoms with Crippen LogP contribution in [0, 0.1) is 11.3 Å². The Labute approximate surface area is 101 Å². The van der Waals surface area contributed by atoms with E-state index in [0.717, 1.165) is 11.3 Å². The Balaban J connectivity index is 1.45. The maximum Gasteiger partial charge on any atom is 0.000771 e. The van der Waals surface area contributed by atoms with Crippen molar-refractivity contribution in [2.24, 2.45) is 11.3 Å². The van der Waals surface area contributed by atoms with Gasteiger partial charge in [0.1, 0.15) is 0 Å². The van der Waals surface area contributed by atoms with Gasteiger partial charge in [0.2, 0.25) is 0 Å². The predicted octanol–water partition coefficient (Wildman–Crippen LogP) is 2.55. The first-order valence-corrected chi connectivity index (χ1v) is 7.26. The Kier molecular flexibility index (Phi) is 4.66. The Morgan fingerprint density at radius 2 is 2.00 bits per heavy atom. The number of rotatable bonds is 7. The van der Waals surface area contributed by atoms with Crippen molar-refractivity contribution in [2.75, 3.05) is 26.2 Å². The largest absolute Gasteiger partial charge is 0.317 e. The second-order valence-corrected chi connectivity index (χ2v) is 5.87. The zero-order valence-corrected chi connectivity index (χ0v) is 10.9. The van der Waals surface area contributed by atoms with E-state index in [0.29, 0.717) is 0 Å². The van der Waals surface area contributed by atoms with Crippen molar-refractivity contribution in [1.29, 1.82) is 0 Å². The number of piperidine rings is 1. The smallest absolute Gasteiger partial charge is 0.000771 e. The van der Waals surface area contributed by atoms with Gasteiger partial charge < -0.3 is 10.6 Å². The van der Waals surface area contributed by atoms with Crippen LogP contribution < -0.4 is 10.6 Å². The summed E-state index contributed by atoms with van der Waals surface area (Å²) in [7, 11) is 0. The molecule has 94 valence electrons. The highest BCUT2D eigenvalue weighted by atomic mass is 14.9. The Morgan fingerprint density at radius 1 is 1.25 bits per heavy atom. The van der Waals surface area contributed by atoms with Crippen molar-refractivity contribution in [3.8, 4) is 0 Å². The lowest BCUT2D eigenvalue weighted by Gasteiger charge is -2.22. The average Bonchev–Trinajstić information content (AvgIpc) is 3.11. The van der Waals surface area contributed by atoms with Crippen LogP contribution in [-0.4, -0.2) is 26.2 Å². The summed E-state index contributed by atoms with van der Waals surface area (Å²) in [6.45, 7) is 7.35. The first-order chi connectivity index (χ1) is 7.85. The van der Waals surface area contributed by atoms with Crippen molar-refractivity contribution in [1.82, 2.24) is 10.6 Å². The monoisotopic (exact) mass is 224 g/mol. The molecule has 16 heavy (non-hydrogen) atoms. The van der Waals surface area contributed by atoms with Gasteiger partial charge in [-0.15, -0.1) is 0 Å². The minimum Gasteiger partial charge on any atom is -0.317 e. The van der Waals surface area contributed by atoms with Crippen LogP contribution in [0.2, 0.25) is 0 Å². The summed E-state index contributed by atoms with van der Waals surface area (Å²) in [6.07, 6.45) is 9.92. The highest BCUT2D eigenvalue weighted by Crippen LogP contribution is 2.47. The van der Waals surface area contributed by atoms with Crippen LogP contribution in [0.15, 0.2) is 0 Å². The zero-order chi connectivity index (χ0) is 11.3. The highest BCUT2D eigenvalue weighted by Gasteiger charge is 2.39. The molecule has 0 spiro atoms. The van der Waals surface area contributed by atoms with Gasteiger partial charge in [0.15, 0.2) is 0 Å². The first kappa shape index (κ1) is 12.4.